The van der Waals surface area contributed by atoms with Crippen LogP contribution in [0.3, 0.4) is 0 Å². The van der Waals surface area contributed by atoms with Gasteiger partial charge in [0.25, 0.3) is 5.56 Å². The van der Waals surface area contributed by atoms with E-state index in [4.69, 9.17) is 0 Å². The van der Waals surface area contributed by atoms with Crippen LogP contribution < -0.4 is 10.9 Å². The molecular formula is C21H23F3N4OS. The third kappa shape index (κ3) is 4.14. The van der Waals surface area contributed by atoms with Crippen molar-refractivity contribution in [3.8, 4) is 0 Å². The molecule has 0 unspecified atom stereocenters. The Kier molecular flexibility index (Phi) is 5.95. The van der Waals surface area contributed by atoms with E-state index < -0.39 is 17.5 Å². The van der Waals surface area contributed by atoms with Crippen molar-refractivity contribution in [2.45, 2.75) is 38.4 Å². The molecule has 0 fully saturated rings. The van der Waals surface area contributed by atoms with Crippen LogP contribution in [0.2, 0.25) is 0 Å². The van der Waals surface area contributed by atoms with E-state index in [1.807, 2.05) is 19.0 Å². The van der Waals surface area contributed by atoms with E-state index >= 15 is 0 Å². The molecule has 2 heterocycles. The Morgan fingerprint density at radius 2 is 2.00 bits per heavy atom. The lowest BCUT2D eigenvalue weighted by Gasteiger charge is -2.23. The van der Waals surface area contributed by atoms with Crippen LogP contribution in [0.15, 0.2) is 23.3 Å². The third-order valence-corrected chi connectivity index (χ3v) is 6.62. The number of aryl methyl sites for hydroxylation is 1. The zero-order chi connectivity index (χ0) is 21.4. The molecule has 0 amide bonds. The van der Waals surface area contributed by atoms with Crippen LogP contribution in [-0.2, 0) is 25.9 Å². The van der Waals surface area contributed by atoms with E-state index in [1.165, 1.54) is 11.3 Å². The summed E-state index contributed by atoms with van der Waals surface area (Å²) >= 11 is 1.53. The molecule has 0 saturated heterocycles. The molecule has 0 radical (unpaired) electrons. The molecule has 0 bridgehead atoms. The average Bonchev–Trinajstić information content (AvgIpc) is 3.08. The maximum Gasteiger partial charge on any atom is 0.262 e. The van der Waals surface area contributed by atoms with Gasteiger partial charge in [0.15, 0.2) is 17.5 Å². The minimum atomic E-state index is -1.45. The first-order valence-electron chi connectivity index (χ1n) is 9.84. The number of benzene rings is 1. The molecule has 30 heavy (non-hydrogen) atoms. The van der Waals surface area contributed by atoms with Gasteiger partial charge in [-0.2, -0.15) is 0 Å². The molecule has 0 spiro atoms. The number of aromatic nitrogens is 2. The second-order valence-corrected chi connectivity index (χ2v) is 9.01. The molecule has 1 aliphatic carbocycles. The Labute approximate surface area is 176 Å². The summed E-state index contributed by atoms with van der Waals surface area (Å²) in [4.78, 5) is 21.4. The summed E-state index contributed by atoms with van der Waals surface area (Å²) in [6, 6.07) is 2.14. The molecule has 3 aromatic rings. The summed E-state index contributed by atoms with van der Waals surface area (Å²) in [6.07, 6.45) is 3.88. The van der Waals surface area contributed by atoms with Gasteiger partial charge in [0.05, 0.1) is 11.7 Å². The molecule has 160 valence electrons. The highest BCUT2D eigenvalue weighted by Crippen LogP contribution is 2.33. The molecule has 2 aromatic heterocycles. The molecule has 1 N–H and O–H groups in total. The number of hydrogen-bond donors (Lipinski definition) is 1. The highest BCUT2D eigenvalue weighted by molar-refractivity contribution is 7.18. The topological polar surface area (TPSA) is 50.2 Å². The second-order valence-electron chi connectivity index (χ2n) is 7.92. The van der Waals surface area contributed by atoms with Gasteiger partial charge in [-0.25, -0.2) is 18.2 Å². The normalized spacial score (nSPS) is 16.4. The van der Waals surface area contributed by atoms with Gasteiger partial charge in [-0.1, -0.05) is 0 Å². The molecule has 9 heteroatoms. The number of halogens is 3. The van der Waals surface area contributed by atoms with Gasteiger partial charge in [-0.15, -0.1) is 11.3 Å². The van der Waals surface area contributed by atoms with Crippen molar-refractivity contribution in [3.63, 3.8) is 0 Å². The molecule has 1 atom stereocenters. The highest BCUT2D eigenvalue weighted by atomic mass is 32.1. The summed E-state index contributed by atoms with van der Waals surface area (Å²) < 4.78 is 41.6. The largest absolute Gasteiger partial charge is 0.310 e. The van der Waals surface area contributed by atoms with Crippen molar-refractivity contribution in [1.82, 2.24) is 19.8 Å². The average molecular weight is 437 g/mol. The van der Waals surface area contributed by atoms with Gasteiger partial charge in [0, 0.05) is 30.6 Å². The number of thiophene rings is 1. The maximum absolute atomic E-state index is 13.4. The minimum Gasteiger partial charge on any atom is -0.310 e. The molecule has 0 saturated carbocycles. The van der Waals surface area contributed by atoms with Crippen molar-refractivity contribution >= 4 is 21.6 Å². The van der Waals surface area contributed by atoms with Crippen molar-refractivity contribution in [3.05, 3.63) is 62.3 Å². The predicted molar refractivity (Wildman–Crippen MR) is 111 cm³/mol. The first kappa shape index (κ1) is 21.0. The van der Waals surface area contributed by atoms with Crippen LogP contribution in [0.25, 0.3) is 10.2 Å². The van der Waals surface area contributed by atoms with Crippen LogP contribution in [0.1, 0.15) is 22.4 Å². The van der Waals surface area contributed by atoms with E-state index in [-0.39, 0.29) is 18.1 Å². The molecule has 4 rings (SSSR count). The summed E-state index contributed by atoms with van der Waals surface area (Å²) in [6.45, 7) is 1.60. The monoisotopic (exact) mass is 436 g/mol. The number of hydrogen-bond acceptors (Lipinski definition) is 5. The standard InChI is InChI=1S/C21H23F3N4OS/c1-27(2)5-6-28-11-26-20-18(21(28)29)14-4-3-13(9-17(14)30-20)25-10-12-7-15(22)19(24)16(23)8-12/h7-8,11,13,25H,3-6,9-10H2,1-2H3/t13-/m0/s1. The number of fused-ring (bicyclic) bond motifs is 3. The van der Waals surface area contributed by atoms with Crippen molar-refractivity contribution in [1.29, 1.82) is 0 Å². The Morgan fingerprint density at radius 3 is 2.70 bits per heavy atom. The van der Waals surface area contributed by atoms with E-state index in [2.05, 4.69) is 10.3 Å². The zero-order valence-electron chi connectivity index (χ0n) is 16.8. The predicted octanol–water partition coefficient (Wildman–Crippen LogP) is 3.08. The van der Waals surface area contributed by atoms with Crippen LogP contribution in [0.5, 0.6) is 0 Å². The van der Waals surface area contributed by atoms with Crippen LogP contribution >= 0.6 is 11.3 Å². The van der Waals surface area contributed by atoms with Crippen molar-refractivity contribution in [2.24, 2.45) is 0 Å². The summed E-state index contributed by atoms with van der Waals surface area (Å²) in [5, 5.41) is 4.02. The van der Waals surface area contributed by atoms with Crippen LogP contribution in [-0.4, -0.2) is 41.1 Å². The van der Waals surface area contributed by atoms with Gasteiger partial charge < -0.3 is 10.2 Å². The SMILES string of the molecule is CN(C)CCn1cnc2sc3c(c2c1=O)CC[C@H](NCc1cc(F)c(F)c(F)c1)C3. The molecule has 1 aliphatic rings. The summed E-state index contributed by atoms with van der Waals surface area (Å²) in [5.41, 5.74) is 1.44. The number of likely N-dealkylation sites (N-methyl/N-ethyl adjacent to an activating group) is 1. The Balaban J connectivity index is 1.50. The van der Waals surface area contributed by atoms with Crippen molar-refractivity contribution < 1.29 is 13.2 Å². The van der Waals surface area contributed by atoms with Crippen LogP contribution in [0, 0.1) is 17.5 Å². The Hall–Kier alpha value is -2.23. The molecule has 1 aromatic carbocycles. The third-order valence-electron chi connectivity index (χ3n) is 5.46. The van der Waals surface area contributed by atoms with Gasteiger partial charge in [-0.3, -0.25) is 9.36 Å². The number of nitrogens with one attached hydrogen (secondary N) is 1. The van der Waals surface area contributed by atoms with Gasteiger partial charge in [0.2, 0.25) is 0 Å². The lowest BCUT2D eigenvalue weighted by molar-refractivity contribution is 0.380. The molecule has 5 nitrogen and oxygen atoms in total. The molecule has 0 aliphatic heterocycles. The zero-order valence-corrected chi connectivity index (χ0v) is 17.7. The Morgan fingerprint density at radius 1 is 1.27 bits per heavy atom. The summed E-state index contributed by atoms with van der Waals surface area (Å²) in [5.74, 6) is -3.81. The fourth-order valence-electron chi connectivity index (χ4n) is 3.81. The molecular weight excluding hydrogens is 413 g/mol. The quantitative estimate of drug-likeness (QED) is 0.604. The number of nitrogens with zero attached hydrogens (tertiary/aromatic N) is 3. The Bertz CT molecular complexity index is 1120. The van der Waals surface area contributed by atoms with Crippen molar-refractivity contribution in [2.75, 3.05) is 20.6 Å². The fraction of sp³-hybridized carbons (Fsp3) is 0.429. The lowest BCUT2D eigenvalue weighted by Crippen LogP contribution is -2.34. The van der Waals surface area contributed by atoms with Gasteiger partial charge in [0.1, 0.15) is 4.83 Å². The van der Waals surface area contributed by atoms with E-state index in [1.54, 1.807) is 10.9 Å². The van der Waals surface area contributed by atoms with Crippen LogP contribution in [0.4, 0.5) is 13.2 Å². The first-order chi connectivity index (χ1) is 14.3. The van der Waals surface area contributed by atoms with E-state index in [0.717, 1.165) is 58.6 Å². The van der Waals surface area contributed by atoms with Gasteiger partial charge >= 0.3 is 0 Å². The summed E-state index contributed by atoms with van der Waals surface area (Å²) in [7, 11) is 3.93. The highest BCUT2D eigenvalue weighted by Gasteiger charge is 2.25. The number of rotatable bonds is 6. The maximum atomic E-state index is 13.4. The lowest BCUT2D eigenvalue weighted by atomic mass is 9.93. The fourth-order valence-corrected chi connectivity index (χ4v) is 5.07. The van der Waals surface area contributed by atoms with E-state index in [9.17, 15) is 18.0 Å². The first-order valence-corrected chi connectivity index (χ1v) is 10.7. The second kappa shape index (κ2) is 8.49. The minimum absolute atomic E-state index is 0.00280. The smallest absolute Gasteiger partial charge is 0.262 e. The van der Waals surface area contributed by atoms with Gasteiger partial charge in [-0.05, 0) is 56.6 Å². The van der Waals surface area contributed by atoms with E-state index in [0.29, 0.717) is 12.1 Å².